The number of benzene rings is 1. The van der Waals surface area contributed by atoms with Crippen molar-refractivity contribution in [3.8, 4) is 11.3 Å². The first-order valence-corrected chi connectivity index (χ1v) is 15.2. The number of carbonyl (C=O) groups is 2. The van der Waals surface area contributed by atoms with Gasteiger partial charge in [0.2, 0.25) is 0 Å². The van der Waals surface area contributed by atoms with Gasteiger partial charge in [-0.2, -0.15) is 13.2 Å². The number of ketones is 1. The zero-order chi connectivity index (χ0) is 32.0. The van der Waals surface area contributed by atoms with Crippen LogP contribution >= 0.6 is 0 Å². The highest BCUT2D eigenvalue weighted by molar-refractivity contribution is 7.89. The van der Waals surface area contributed by atoms with Crippen LogP contribution in [0.3, 0.4) is 0 Å². The van der Waals surface area contributed by atoms with E-state index in [2.05, 4.69) is 14.7 Å². The predicted molar refractivity (Wildman–Crippen MR) is 154 cm³/mol. The van der Waals surface area contributed by atoms with E-state index in [4.69, 9.17) is 0 Å². The molecule has 2 N–H and O–H groups in total. The highest BCUT2D eigenvalue weighted by Crippen LogP contribution is 2.32. The topological polar surface area (TPSA) is 134 Å². The van der Waals surface area contributed by atoms with E-state index in [0.29, 0.717) is 24.1 Å². The third kappa shape index (κ3) is 8.86. The van der Waals surface area contributed by atoms with Crippen LogP contribution < -0.4 is 4.72 Å². The molecule has 0 aliphatic heterocycles. The van der Waals surface area contributed by atoms with Crippen LogP contribution in [-0.2, 0) is 27.5 Å². The second-order valence-corrected chi connectivity index (χ2v) is 12.9. The second kappa shape index (κ2) is 13.7. The lowest BCUT2D eigenvalue weighted by molar-refractivity contribution is -0.137. The maximum absolute atomic E-state index is 13.5. The molecule has 0 fully saturated rings. The maximum Gasteiger partial charge on any atom is 0.416 e. The molecule has 3 rings (SSSR count). The molecule has 0 radical (unpaired) electrons. The van der Waals surface area contributed by atoms with E-state index in [1.807, 2.05) is 27.7 Å². The highest BCUT2D eigenvalue weighted by Gasteiger charge is 2.41. The van der Waals surface area contributed by atoms with Crippen LogP contribution in [0.1, 0.15) is 52.5 Å². The smallest absolute Gasteiger partial charge is 0.416 e. The molecule has 0 spiro atoms. The van der Waals surface area contributed by atoms with Crippen LogP contribution in [0.25, 0.3) is 11.3 Å². The summed E-state index contributed by atoms with van der Waals surface area (Å²) in [4.78, 5) is 35.4. The number of aromatic nitrogens is 3. The molecule has 0 bridgehead atoms. The van der Waals surface area contributed by atoms with E-state index in [9.17, 15) is 36.3 Å². The minimum atomic E-state index is -4.47. The quantitative estimate of drug-likeness (QED) is 0.258. The number of pyridine rings is 1. The molecule has 0 aliphatic carbocycles. The van der Waals surface area contributed by atoms with Crippen molar-refractivity contribution in [2.24, 2.45) is 5.41 Å². The third-order valence-electron chi connectivity index (χ3n) is 6.97. The molecule has 10 nitrogen and oxygen atoms in total. The molecule has 0 aliphatic rings. The summed E-state index contributed by atoms with van der Waals surface area (Å²) < 4.78 is 68.1. The van der Waals surface area contributed by atoms with Crippen LogP contribution in [-0.4, -0.2) is 63.5 Å². The number of nitrogens with zero attached hydrogens (tertiary/aromatic N) is 4. The Hall–Kier alpha value is -3.78. The van der Waals surface area contributed by atoms with Gasteiger partial charge in [-0.15, -0.1) is 0 Å². The van der Waals surface area contributed by atoms with Crippen molar-refractivity contribution in [3.63, 3.8) is 0 Å². The van der Waals surface area contributed by atoms with Gasteiger partial charge in [-0.1, -0.05) is 58.7 Å². The molecule has 234 valence electrons. The fraction of sp³-hybridized carbons (Fsp3) is 0.448. The average Bonchev–Trinajstić information content (AvgIpc) is 3.41. The van der Waals surface area contributed by atoms with Gasteiger partial charge >= 0.3 is 12.3 Å². The van der Waals surface area contributed by atoms with Crippen molar-refractivity contribution < 1.29 is 36.3 Å². The van der Waals surface area contributed by atoms with Crippen LogP contribution in [0, 0.1) is 5.41 Å². The molecule has 0 saturated heterocycles. The summed E-state index contributed by atoms with van der Waals surface area (Å²) in [5.74, 6) is -0.610. The third-order valence-corrected chi connectivity index (χ3v) is 8.29. The molecule has 0 saturated carbocycles. The van der Waals surface area contributed by atoms with Gasteiger partial charge in [0.25, 0.3) is 10.0 Å². The first-order valence-electron chi connectivity index (χ1n) is 13.7. The number of carbonyl (C=O) groups excluding carboxylic acids is 1. The fourth-order valence-electron chi connectivity index (χ4n) is 4.62. The van der Waals surface area contributed by atoms with Crippen molar-refractivity contribution in [1.29, 1.82) is 0 Å². The van der Waals surface area contributed by atoms with E-state index in [0.717, 1.165) is 17.0 Å². The monoisotopic (exact) mass is 623 g/mol. The van der Waals surface area contributed by atoms with Crippen molar-refractivity contribution >= 4 is 21.9 Å². The second-order valence-electron chi connectivity index (χ2n) is 11.2. The number of carboxylic acid groups (broad SMARTS) is 1. The minimum absolute atomic E-state index is 0.0823. The maximum atomic E-state index is 13.5. The summed E-state index contributed by atoms with van der Waals surface area (Å²) in [5, 5.41) is 10.1. The Balaban J connectivity index is 1.88. The molecule has 2 aromatic heterocycles. The summed E-state index contributed by atoms with van der Waals surface area (Å²) in [6.45, 7) is 6.83. The predicted octanol–water partition coefficient (Wildman–Crippen LogP) is 5.47. The number of imidazole rings is 1. The van der Waals surface area contributed by atoms with Gasteiger partial charge in [0.1, 0.15) is 0 Å². The van der Waals surface area contributed by atoms with Crippen molar-refractivity contribution in [3.05, 3.63) is 66.7 Å². The molecule has 1 amide bonds. The van der Waals surface area contributed by atoms with Crippen LogP contribution in [0.2, 0.25) is 0 Å². The standard InChI is InChI=1S/C29H36F3N5O5S/c1-5-6-9-23(24(38)16-35-43(41,42)26-10-7-8-15-33-26)37(27(39)40)25(28(2,3)4)18-36-17-22(34-19-36)20-11-13-21(14-12-20)29(30,31)32/h7-8,10-15,17,19,23,25,35H,5-6,9,16,18H2,1-4H3,(H,39,40)/t23-,25?/m0/s1. The lowest BCUT2D eigenvalue weighted by Gasteiger charge is -2.42. The van der Waals surface area contributed by atoms with Gasteiger partial charge < -0.3 is 9.67 Å². The van der Waals surface area contributed by atoms with Crippen LogP contribution in [0.15, 0.2) is 66.2 Å². The Bertz CT molecular complexity index is 1490. The largest absolute Gasteiger partial charge is 0.465 e. The Morgan fingerprint density at radius 1 is 1.07 bits per heavy atom. The van der Waals surface area contributed by atoms with E-state index >= 15 is 0 Å². The Morgan fingerprint density at radius 3 is 2.28 bits per heavy atom. The molecule has 2 heterocycles. The lowest BCUT2D eigenvalue weighted by Crippen LogP contribution is -2.57. The summed E-state index contributed by atoms with van der Waals surface area (Å²) in [6.07, 6.45) is -0.0737. The van der Waals surface area contributed by atoms with Gasteiger partial charge in [-0.05, 0) is 36.1 Å². The zero-order valence-corrected chi connectivity index (χ0v) is 25.2. The molecule has 1 aromatic carbocycles. The van der Waals surface area contributed by atoms with E-state index in [1.165, 1.54) is 36.8 Å². The number of Topliss-reactive ketones (excluding diaryl/α,β-unsaturated/α-hetero) is 1. The van der Waals surface area contributed by atoms with Gasteiger partial charge in [0.05, 0.1) is 36.2 Å². The molecule has 2 atom stereocenters. The zero-order valence-electron chi connectivity index (χ0n) is 24.4. The van der Waals surface area contributed by atoms with Gasteiger partial charge in [-0.25, -0.2) is 27.9 Å². The number of amides is 1. The first-order chi connectivity index (χ1) is 20.0. The molecular formula is C29H36F3N5O5S. The molecular weight excluding hydrogens is 587 g/mol. The number of unbranched alkanes of at least 4 members (excludes halogenated alkanes) is 1. The number of alkyl halides is 3. The van der Waals surface area contributed by atoms with E-state index in [-0.39, 0.29) is 18.0 Å². The van der Waals surface area contributed by atoms with Crippen LogP contribution in [0.5, 0.6) is 0 Å². The number of hydrogen-bond donors (Lipinski definition) is 2. The van der Waals surface area contributed by atoms with E-state index < -0.39 is 57.7 Å². The number of sulfonamides is 1. The fourth-order valence-corrected chi connectivity index (χ4v) is 5.56. The van der Waals surface area contributed by atoms with Gasteiger partial charge in [0.15, 0.2) is 10.8 Å². The van der Waals surface area contributed by atoms with Crippen LogP contribution in [0.4, 0.5) is 18.0 Å². The summed E-state index contributed by atoms with van der Waals surface area (Å²) in [5.41, 5.74) is -0.628. The van der Waals surface area contributed by atoms with Gasteiger partial charge in [-0.3, -0.25) is 9.69 Å². The molecule has 1 unspecified atom stereocenters. The summed E-state index contributed by atoms with van der Waals surface area (Å²) in [6, 6.07) is 6.96. The van der Waals surface area contributed by atoms with E-state index in [1.54, 1.807) is 16.8 Å². The first kappa shape index (κ1) is 33.7. The highest BCUT2D eigenvalue weighted by atomic mass is 32.2. The number of halogens is 3. The van der Waals surface area contributed by atoms with Gasteiger partial charge in [0, 0.05) is 24.5 Å². The SMILES string of the molecule is CCCC[C@@H](C(=O)CNS(=O)(=O)c1ccccn1)N(C(=O)O)C(Cn1cnc(-c2ccc(C(F)(F)F)cc2)c1)C(C)(C)C. The van der Waals surface area contributed by atoms with Crippen molar-refractivity contribution in [1.82, 2.24) is 24.2 Å². The Kier molecular flexibility index (Phi) is 10.7. The van der Waals surface area contributed by atoms with Crippen molar-refractivity contribution in [2.45, 2.75) is 76.8 Å². The molecule has 3 aromatic rings. The summed E-state index contributed by atoms with van der Waals surface area (Å²) >= 11 is 0. The molecule has 43 heavy (non-hydrogen) atoms. The Morgan fingerprint density at radius 2 is 1.74 bits per heavy atom. The Labute approximate surface area is 249 Å². The number of rotatable bonds is 13. The summed E-state index contributed by atoms with van der Waals surface area (Å²) in [7, 11) is -4.11. The lowest BCUT2D eigenvalue weighted by atomic mass is 9.84. The normalized spacial score (nSPS) is 13.8. The number of hydrogen-bond acceptors (Lipinski definition) is 6. The van der Waals surface area contributed by atoms with Crippen molar-refractivity contribution in [2.75, 3.05) is 6.54 Å². The average molecular weight is 624 g/mol. The minimum Gasteiger partial charge on any atom is -0.465 e. The number of nitrogens with one attached hydrogen (secondary N) is 1. The molecule has 14 heteroatoms.